The molecule has 0 unspecified atom stereocenters. The molecule has 32 heavy (non-hydrogen) atoms. The Kier molecular flexibility index (Phi) is 6.17. The van der Waals surface area contributed by atoms with Gasteiger partial charge in [0.15, 0.2) is 0 Å². The Morgan fingerprint density at radius 2 is 1.62 bits per heavy atom. The van der Waals surface area contributed by atoms with E-state index in [0.717, 1.165) is 22.4 Å². The van der Waals surface area contributed by atoms with Gasteiger partial charge >= 0.3 is 0 Å². The lowest BCUT2D eigenvalue weighted by atomic mass is 9.96. The van der Waals surface area contributed by atoms with E-state index in [2.05, 4.69) is 56.3 Å². The van der Waals surface area contributed by atoms with Crippen LogP contribution in [0.2, 0.25) is 10.0 Å². The van der Waals surface area contributed by atoms with Gasteiger partial charge in [0.25, 0.3) is 0 Å². The Labute approximate surface area is 199 Å². The number of hydrogen-bond acceptors (Lipinski definition) is 2. The third-order valence-electron chi connectivity index (χ3n) is 5.61. The van der Waals surface area contributed by atoms with E-state index >= 15 is 0 Å². The van der Waals surface area contributed by atoms with Gasteiger partial charge in [-0.15, -0.1) is 0 Å². The smallest absolute Gasteiger partial charge is 0.103 e. The Bertz CT molecular complexity index is 1290. The van der Waals surface area contributed by atoms with E-state index in [1.807, 2.05) is 22.9 Å². The average molecular weight is 465 g/mol. The van der Waals surface area contributed by atoms with Crippen LogP contribution in [0.5, 0.6) is 0 Å². The highest BCUT2D eigenvalue weighted by molar-refractivity contribution is 6.42. The molecule has 4 aromatic rings. The van der Waals surface area contributed by atoms with Crippen LogP contribution in [-0.4, -0.2) is 14.9 Å². The monoisotopic (exact) mass is 464 g/mol. The molecule has 0 saturated heterocycles. The lowest BCUT2D eigenvalue weighted by molar-refractivity contribution is 0.0731. The van der Waals surface area contributed by atoms with Crippen molar-refractivity contribution in [2.75, 3.05) is 0 Å². The second-order valence-electron chi connectivity index (χ2n) is 8.74. The lowest BCUT2D eigenvalue weighted by Gasteiger charge is -2.14. The first-order chi connectivity index (χ1) is 15.1. The van der Waals surface area contributed by atoms with Crippen molar-refractivity contribution in [1.29, 1.82) is 0 Å². The molecule has 0 aliphatic rings. The molecule has 0 bridgehead atoms. The maximum absolute atomic E-state index is 10.6. The zero-order valence-electron chi connectivity index (χ0n) is 18.7. The van der Waals surface area contributed by atoms with E-state index in [1.54, 1.807) is 19.9 Å². The highest BCUT2D eigenvalue weighted by atomic mass is 35.5. The summed E-state index contributed by atoms with van der Waals surface area (Å²) in [5.41, 5.74) is 7.12. The summed E-state index contributed by atoms with van der Waals surface area (Å²) < 4.78 is 1.89. The van der Waals surface area contributed by atoms with Gasteiger partial charge in [0.1, 0.15) is 5.60 Å². The van der Waals surface area contributed by atoms with Gasteiger partial charge in [0.05, 0.1) is 28.0 Å². The number of aromatic nitrogens is 2. The summed E-state index contributed by atoms with van der Waals surface area (Å²) in [5.74, 6) is 0. The van der Waals surface area contributed by atoms with Gasteiger partial charge in [-0.25, -0.2) is 0 Å². The highest BCUT2D eigenvalue weighted by Crippen LogP contribution is 2.33. The Morgan fingerprint density at radius 1 is 0.906 bits per heavy atom. The minimum absolute atomic E-state index is 0.448. The molecule has 0 radical (unpaired) electrons. The second kappa shape index (κ2) is 8.74. The normalized spacial score (nSPS) is 11.7. The van der Waals surface area contributed by atoms with Gasteiger partial charge < -0.3 is 5.11 Å². The molecule has 1 N–H and O–H groups in total. The van der Waals surface area contributed by atoms with Crippen LogP contribution in [0.3, 0.4) is 0 Å². The predicted molar refractivity (Wildman–Crippen MR) is 133 cm³/mol. The van der Waals surface area contributed by atoms with Crippen LogP contribution in [0.25, 0.3) is 22.4 Å². The number of aryl methyl sites for hydroxylation is 2. The van der Waals surface area contributed by atoms with Crippen LogP contribution < -0.4 is 0 Å². The molecule has 0 fully saturated rings. The fourth-order valence-electron chi connectivity index (χ4n) is 3.84. The standard InChI is InChI=1S/C27H26Cl2N2O/c1-17-7-5-8-19(13-17)20-11-12-22(18(2)14-20)24-15-25(27(3,4)32)30-31(24)16-21-9-6-10-23(28)26(21)29/h5-15,32H,16H2,1-4H3. The first-order valence-corrected chi connectivity index (χ1v) is 11.3. The van der Waals surface area contributed by atoms with Crippen molar-refractivity contribution in [2.24, 2.45) is 0 Å². The Hall–Kier alpha value is -2.59. The maximum atomic E-state index is 10.6. The summed E-state index contributed by atoms with van der Waals surface area (Å²) in [6.07, 6.45) is 0. The van der Waals surface area contributed by atoms with Crippen molar-refractivity contribution in [3.63, 3.8) is 0 Å². The number of benzene rings is 3. The van der Waals surface area contributed by atoms with Crippen molar-refractivity contribution in [3.8, 4) is 22.4 Å². The first-order valence-electron chi connectivity index (χ1n) is 10.5. The van der Waals surface area contributed by atoms with Crippen molar-refractivity contribution in [3.05, 3.63) is 99.2 Å². The summed E-state index contributed by atoms with van der Waals surface area (Å²) in [5, 5.41) is 16.4. The van der Waals surface area contributed by atoms with Crippen LogP contribution in [0, 0.1) is 13.8 Å². The van der Waals surface area contributed by atoms with E-state index in [-0.39, 0.29) is 0 Å². The molecule has 0 saturated carbocycles. The minimum atomic E-state index is -1.06. The van der Waals surface area contributed by atoms with Crippen LogP contribution in [-0.2, 0) is 12.1 Å². The SMILES string of the molecule is Cc1cccc(-c2ccc(-c3cc(C(C)(C)O)nn3Cc3cccc(Cl)c3Cl)c(C)c2)c1. The van der Waals surface area contributed by atoms with Crippen LogP contribution in [0.4, 0.5) is 0 Å². The maximum Gasteiger partial charge on any atom is 0.103 e. The molecule has 1 heterocycles. The van der Waals surface area contributed by atoms with E-state index in [0.29, 0.717) is 22.3 Å². The van der Waals surface area contributed by atoms with Gasteiger partial charge in [0.2, 0.25) is 0 Å². The molecule has 0 atom stereocenters. The van der Waals surface area contributed by atoms with Gasteiger partial charge in [-0.2, -0.15) is 5.10 Å². The zero-order valence-corrected chi connectivity index (χ0v) is 20.2. The van der Waals surface area contributed by atoms with Crippen LogP contribution in [0.15, 0.2) is 66.7 Å². The molecular formula is C27H26Cl2N2O. The number of hydrogen-bond donors (Lipinski definition) is 1. The van der Waals surface area contributed by atoms with Gasteiger partial charge in [0, 0.05) is 5.56 Å². The van der Waals surface area contributed by atoms with Crippen molar-refractivity contribution < 1.29 is 5.11 Å². The fraction of sp³-hybridized carbons (Fsp3) is 0.222. The number of nitrogens with zero attached hydrogens (tertiary/aromatic N) is 2. The van der Waals surface area contributed by atoms with Crippen LogP contribution >= 0.6 is 23.2 Å². The summed E-state index contributed by atoms with van der Waals surface area (Å²) in [7, 11) is 0. The zero-order chi connectivity index (χ0) is 23.0. The van der Waals surface area contributed by atoms with Crippen molar-refractivity contribution in [2.45, 2.75) is 39.8 Å². The fourth-order valence-corrected chi connectivity index (χ4v) is 4.22. The van der Waals surface area contributed by atoms with Gasteiger partial charge in [-0.3, -0.25) is 4.68 Å². The number of rotatable bonds is 5. The predicted octanol–water partition coefficient (Wildman–Crippen LogP) is 7.42. The van der Waals surface area contributed by atoms with E-state index < -0.39 is 5.60 Å². The van der Waals surface area contributed by atoms with Gasteiger partial charge in [-0.1, -0.05) is 83.4 Å². The molecule has 0 aliphatic carbocycles. The molecule has 164 valence electrons. The third kappa shape index (κ3) is 4.61. The average Bonchev–Trinajstić information content (AvgIpc) is 3.15. The molecule has 4 rings (SSSR count). The summed E-state index contributed by atoms with van der Waals surface area (Å²) in [6, 6.07) is 22.5. The molecule has 0 amide bonds. The topological polar surface area (TPSA) is 38.1 Å². The minimum Gasteiger partial charge on any atom is -0.384 e. The molecule has 0 aliphatic heterocycles. The lowest BCUT2D eigenvalue weighted by Crippen LogP contribution is -2.17. The molecule has 0 spiro atoms. The quantitative estimate of drug-likeness (QED) is 0.333. The molecular weight excluding hydrogens is 439 g/mol. The number of aliphatic hydroxyl groups is 1. The van der Waals surface area contributed by atoms with E-state index in [1.165, 1.54) is 16.7 Å². The summed E-state index contributed by atoms with van der Waals surface area (Å²) >= 11 is 12.7. The summed E-state index contributed by atoms with van der Waals surface area (Å²) in [6.45, 7) is 8.13. The van der Waals surface area contributed by atoms with E-state index in [4.69, 9.17) is 28.3 Å². The summed E-state index contributed by atoms with van der Waals surface area (Å²) in [4.78, 5) is 0. The van der Waals surface area contributed by atoms with Crippen molar-refractivity contribution >= 4 is 23.2 Å². The molecule has 1 aromatic heterocycles. The van der Waals surface area contributed by atoms with Crippen molar-refractivity contribution in [1.82, 2.24) is 9.78 Å². The van der Waals surface area contributed by atoms with E-state index in [9.17, 15) is 5.11 Å². The second-order valence-corrected chi connectivity index (χ2v) is 9.53. The molecule has 5 heteroatoms. The third-order valence-corrected chi connectivity index (χ3v) is 6.47. The number of halogens is 2. The first kappa shape index (κ1) is 22.6. The molecule has 3 aromatic carbocycles. The Balaban J connectivity index is 1.80. The largest absolute Gasteiger partial charge is 0.384 e. The van der Waals surface area contributed by atoms with Gasteiger partial charge in [-0.05, 0) is 62.1 Å². The highest BCUT2D eigenvalue weighted by Gasteiger charge is 2.23. The Morgan fingerprint density at radius 3 is 2.31 bits per heavy atom. The van der Waals surface area contributed by atoms with Crippen LogP contribution in [0.1, 0.15) is 36.2 Å². The molecule has 3 nitrogen and oxygen atoms in total.